The Balaban J connectivity index is -0.0000000200. The molecule has 0 aromatic heterocycles. The van der Waals surface area contributed by atoms with E-state index in [1.807, 2.05) is 0 Å². The summed E-state index contributed by atoms with van der Waals surface area (Å²) >= 11 is -2.00. The molecule has 5 heteroatoms. The van der Waals surface area contributed by atoms with Gasteiger partial charge in [-0.25, -0.2) is 0 Å². The molecule has 0 aromatic rings. The number of hydrogen-bond acceptors (Lipinski definition) is 2. The largest absolute Gasteiger partial charge is 0.0149 e. The Morgan fingerprint density at radius 2 is 1.20 bits per heavy atom. The van der Waals surface area contributed by atoms with Gasteiger partial charge in [-0.1, -0.05) is 0 Å². The molecule has 0 bridgehead atoms. The van der Waals surface area contributed by atoms with E-state index in [9.17, 15) is 0 Å². The quantitative estimate of drug-likeness (QED) is 0.364. The molecule has 0 unspecified atom stereocenters. The molecule has 0 fully saturated rings. The number of rotatable bonds is 0. The van der Waals surface area contributed by atoms with Gasteiger partial charge in [0.1, 0.15) is 0 Å². The van der Waals surface area contributed by atoms with Crippen molar-refractivity contribution >= 4 is 62.3 Å². The fourth-order valence-electron chi connectivity index (χ4n) is 0. The van der Waals surface area contributed by atoms with Gasteiger partial charge < -0.3 is 0 Å². The smallest absolute Gasteiger partial charge is 0.0149 e. The Bertz CT molecular complexity index is 30.6. The fraction of sp³-hybridized carbons (Fsp3) is 0. The van der Waals surface area contributed by atoms with Crippen molar-refractivity contribution in [2.45, 2.75) is 0 Å². The molecule has 5 heavy (non-hydrogen) atoms. The van der Waals surface area contributed by atoms with E-state index in [4.69, 9.17) is 6.65 Å². The standard InChI is InChI=1S/K.2O.H4Si.Ti.H/h;;;1H4;;. The van der Waals surface area contributed by atoms with Crippen LogP contribution in [0.5, 0.6) is 0 Å². The molecule has 0 aliphatic rings. The monoisotopic (exact) mass is 152 g/mol. The van der Waals surface area contributed by atoms with E-state index in [0.29, 0.717) is 0 Å². The van der Waals surface area contributed by atoms with Crippen LogP contribution in [0.1, 0.15) is 0 Å². The maximum Gasteiger partial charge on any atom is -0.0149 e. The van der Waals surface area contributed by atoms with Crippen molar-refractivity contribution in [3.8, 4) is 0 Å². The first-order chi connectivity index (χ1) is 1.41. The minimum atomic E-state index is -2.00. The summed E-state index contributed by atoms with van der Waals surface area (Å²) in [5.41, 5.74) is 0. The summed E-state index contributed by atoms with van der Waals surface area (Å²) in [6.07, 6.45) is 0. The van der Waals surface area contributed by atoms with Gasteiger partial charge in [0.05, 0.1) is 0 Å². The summed E-state index contributed by atoms with van der Waals surface area (Å²) in [6.45, 7) is 0. The third-order valence-electron chi connectivity index (χ3n) is 0. The maximum absolute atomic E-state index is 8.50. The van der Waals surface area contributed by atoms with Crippen LogP contribution in [0.2, 0.25) is 0 Å². The van der Waals surface area contributed by atoms with Gasteiger partial charge in [0.2, 0.25) is 0 Å². The molecule has 0 aliphatic carbocycles. The molecule has 0 rings (SSSR count). The predicted molar refractivity (Wildman–Crippen MR) is 19.9 cm³/mol. The van der Waals surface area contributed by atoms with Crippen molar-refractivity contribution < 1.29 is 25.7 Å². The van der Waals surface area contributed by atoms with Crippen LogP contribution in [0.4, 0.5) is 0 Å². The van der Waals surface area contributed by atoms with E-state index in [2.05, 4.69) is 0 Å². The first-order valence-electron chi connectivity index (χ1n) is 0.408. The minimum Gasteiger partial charge on any atom is -0.0149 e. The zero-order valence-corrected chi connectivity index (χ0v) is 2.88. The van der Waals surface area contributed by atoms with Crippen molar-refractivity contribution in [1.82, 2.24) is 0 Å². The first kappa shape index (κ1) is 15.7. The Morgan fingerprint density at radius 3 is 1.20 bits per heavy atom. The topological polar surface area (TPSA) is 34.1 Å². The molecule has 2 nitrogen and oxygen atoms in total. The Morgan fingerprint density at radius 1 is 1.20 bits per heavy atom. The normalized spacial score (nSPS) is 1.60. The zero-order chi connectivity index (χ0) is 2.71. The van der Waals surface area contributed by atoms with Crippen LogP contribution in [-0.4, -0.2) is 62.3 Å². The van der Waals surface area contributed by atoms with Crippen LogP contribution in [0, 0.1) is 0 Å². The summed E-state index contributed by atoms with van der Waals surface area (Å²) in [7, 11) is 0. The molecule has 0 atom stereocenters. The van der Waals surface area contributed by atoms with Crippen molar-refractivity contribution in [2.75, 3.05) is 0 Å². The second-order valence-electron chi connectivity index (χ2n) is 0.0833. The van der Waals surface area contributed by atoms with E-state index in [1.54, 1.807) is 0 Å². The molecular formula is H5KO2SiTi. The van der Waals surface area contributed by atoms with Crippen LogP contribution in [-0.2, 0) is 25.7 Å². The average Bonchev–Trinajstić information content (AvgIpc) is 0.918. The van der Waals surface area contributed by atoms with Crippen LogP contribution in [0.25, 0.3) is 0 Å². The third kappa shape index (κ3) is 22.8. The third-order valence-corrected chi connectivity index (χ3v) is 0. The molecular weight excluding hydrogens is 147 g/mol. The van der Waals surface area contributed by atoms with Gasteiger partial charge in [0.15, 0.2) is 0 Å². The summed E-state index contributed by atoms with van der Waals surface area (Å²) in [4.78, 5) is 0. The molecule has 0 amide bonds. The van der Waals surface area contributed by atoms with Crippen molar-refractivity contribution in [1.29, 1.82) is 0 Å². The van der Waals surface area contributed by atoms with Gasteiger partial charge in [0.25, 0.3) is 0 Å². The molecule has 0 N–H and O–H groups in total. The van der Waals surface area contributed by atoms with Gasteiger partial charge in [-0.3, -0.25) is 0 Å². The first-order valence-corrected chi connectivity index (χ1v) is 1.68. The Kier molecular flexibility index (Phi) is 51.5. The van der Waals surface area contributed by atoms with E-state index in [0.717, 1.165) is 0 Å². The fourth-order valence-corrected chi connectivity index (χ4v) is 0. The van der Waals surface area contributed by atoms with Gasteiger partial charge in [-0.2, -0.15) is 0 Å². The Hall–Kier alpha value is 2.17. The van der Waals surface area contributed by atoms with E-state index in [1.165, 1.54) is 0 Å². The second-order valence-corrected chi connectivity index (χ2v) is 0.344. The molecule has 0 spiro atoms. The van der Waals surface area contributed by atoms with Crippen molar-refractivity contribution in [3.63, 3.8) is 0 Å². The summed E-state index contributed by atoms with van der Waals surface area (Å²) < 4.78 is 17.0. The Labute approximate surface area is 86.1 Å². The summed E-state index contributed by atoms with van der Waals surface area (Å²) in [5, 5.41) is 0. The molecule has 0 saturated heterocycles. The molecule has 26 valence electrons. The van der Waals surface area contributed by atoms with E-state index >= 15 is 0 Å². The SMILES string of the molecule is [KH].[O]=[Ti]=[O].[SiH4]. The molecule has 0 saturated carbocycles. The van der Waals surface area contributed by atoms with Gasteiger partial charge in [0, 0.05) is 0 Å². The van der Waals surface area contributed by atoms with E-state index < -0.39 is 19.1 Å². The molecule has 0 aromatic carbocycles. The van der Waals surface area contributed by atoms with Crippen LogP contribution in [0.3, 0.4) is 0 Å². The van der Waals surface area contributed by atoms with Crippen LogP contribution in [0.15, 0.2) is 0 Å². The molecule has 0 radical (unpaired) electrons. The second kappa shape index (κ2) is 16.4. The van der Waals surface area contributed by atoms with Gasteiger partial charge >= 0.3 is 77.1 Å². The maximum atomic E-state index is 8.50. The summed E-state index contributed by atoms with van der Waals surface area (Å²) in [5.74, 6) is 0. The van der Waals surface area contributed by atoms with Crippen molar-refractivity contribution in [3.05, 3.63) is 0 Å². The molecule has 0 aliphatic heterocycles. The summed E-state index contributed by atoms with van der Waals surface area (Å²) in [6, 6.07) is 0. The van der Waals surface area contributed by atoms with Crippen LogP contribution >= 0.6 is 0 Å². The van der Waals surface area contributed by atoms with Gasteiger partial charge in [-0.05, 0) is 11.0 Å². The molecule has 0 heterocycles. The predicted octanol–water partition coefficient (Wildman–Crippen LogP) is -2.34. The van der Waals surface area contributed by atoms with Crippen molar-refractivity contribution in [2.24, 2.45) is 0 Å². The minimum absolute atomic E-state index is 0. The number of hydrogen-bond donors (Lipinski definition) is 0. The average molecular weight is 152 g/mol. The zero-order valence-electron chi connectivity index (χ0n) is 1.32. The van der Waals surface area contributed by atoms with E-state index in [-0.39, 0.29) is 62.3 Å². The van der Waals surface area contributed by atoms with Gasteiger partial charge in [-0.15, -0.1) is 0 Å². The van der Waals surface area contributed by atoms with Crippen LogP contribution < -0.4 is 0 Å².